The quantitative estimate of drug-likeness (QED) is 0.507. The molecule has 0 radical (unpaired) electrons. The van der Waals surface area contributed by atoms with Crippen LogP contribution in [0.5, 0.6) is 0 Å². The van der Waals surface area contributed by atoms with Gasteiger partial charge in [-0.25, -0.2) is 0 Å². The van der Waals surface area contributed by atoms with Crippen LogP contribution in [0.15, 0.2) is 24.3 Å². The molecule has 120 valence electrons. The van der Waals surface area contributed by atoms with Gasteiger partial charge in [0.1, 0.15) is 0 Å². The van der Waals surface area contributed by atoms with Crippen LogP contribution in [0.2, 0.25) is 0 Å². The Labute approximate surface area is 139 Å². The van der Waals surface area contributed by atoms with E-state index in [0.29, 0.717) is 19.4 Å². The van der Waals surface area contributed by atoms with Crippen molar-refractivity contribution in [1.29, 1.82) is 0 Å². The Morgan fingerprint density at radius 3 is 2.10 bits per heavy atom. The van der Waals surface area contributed by atoms with Crippen molar-refractivity contribution in [2.75, 3.05) is 5.32 Å². The molecular weight excluding hydrogens is 361 g/mol. The number of amides is 2. The molecule has 2 amide bonds. The zero-order chi connectivity index (χ0) is 14.8. The van der Waals surface area contributed by atoms with Crippen molar-refractivity contribution in [3.05, 3.63) is 35.6 Å². The molecule has 0 saturated carbocycles. The molecule has 0 bridgehead atoms. The molecule has 1 aromatic carbocycles. The summed E-state index contributed by atoms with van der Waals surface area (Å²) in [5.74, 6) is -0.509. The van der Waals surface area contributed by atoms with Gasteiger partial charge >= 0.3 is 0 Å². The minimum atomic E-state index is -0.510. The monoisotopic (exact) mass is 382 g/mol. The van der Waals surface area contributed by atoms with E-state index in [1.807, 2.05) is 24.3 Å². The fourth-order valence-corrected chi connectivity index (χ4v) is 1.87. The third kappa shape index (κ3) is 9.35. The zero-order valence-corrected chi connectivity index (χ0v) is 13.5. The Bertz CT molecular complexity index is 435. The van der Waals surface area contributed by atoms with Gasteiger partial charge in [-0.2, -0.15) is 0 Å². The summed E-state index contributed by atoms with van der Waals surface area (Å²) in [6.07, 6.45) is 4.15. The van der Waals surface area contributed by atoms with Gasteiger partial charge < -0.3 is 21.6 Å². The van der Waals surface area contributed by atoms with Gasteiger partial charge in [-0.05, 0) is 37.0 Å². The predicted molar refractivity (Wildman–Crippen MR) is 80.0 cm³/mol. The average Bonchev–Trinajstić information content (AvgIpc) is 2.43. The minimum Gasteiger partial charge on any atom is -0.668 e. The fourth-order valence-electron chi connectivity index (χ4n) is 1.87. The van der Waals surface area contributed by atoms with Crippen molar-refractivity contribution < 1.29 is 30.0 Å². The van der Waals surface area contributed by atoms with E-state index in [-0.39, 0.29) is 26.3 Å². The Hall–Kier alpha value is -1.22. The summed E-state index contributed by atoms with van der Waals surface area (Å²) in [5, 5.41) is 2.84. The SMILES string of the molecule is [NH-]C(=O)CCCCCCC(=O)Nc1ccc(CN)cc1.[Pd]. The molecule has 0 fully saturated rings. The van der Waals surface area contributed by atoms with Crippen LogP contribution in [0, 0.1) is 0 Å². The van der Waals surface area contributed by atoms with Gasteiger partial charge in [0, 0.05) is 45.0 Å². The summed E-state index contributed by atoms with van der Waals surface area (Å²) >= 11 is 0. The Balaban J connectivity index is 0.00000400. The molecule has 0 aliphatic heterocycles. The van der Waals surface area contributed by atoms with Crippen molar-refractivity contribution in [1.82, 2.24) is 0 Å². The molecule has 0 saturated heterocycles. The maximum atomic E-state index is 11.7. The number of carbonyl (C=O) groups is 2. The number of nitrogens with one attached hydrogen (secondary N) is 2. The molecule has 4 N–H and O–H groups in total. The maximum Gasteiger partial charge on any atom is 0.224 e. The van der Waals surface area contributed by atoms with Gasteiger partial charge in [0.2, 0.25) is 5.91 Å². The van der Waals surface area contributed by atoms with Crippen LogP contribution in [0.4, 0.5) is 5.69 Å². The minimum absolute atomic E-state index is 0. The summed E-state index contributed by atoms with van der Waals surface area (Å²) in [7, 11) is 0. The molecule has 0 aromatic heterocycles. The van der Waals surface area contributed by atoms with Crippen molar-refractivity contribution in [2.24, 2.45) is 5.73 Å². The van der Waals surface area contributed by atoms with E-state index in [9.17, 15) is 9.59 Å². The topological polar surface area (TPSA) is 96.0 Å². The molecule has 21 heavy (non-hydrogen) atoms. The van der Waals surface area contributed by atoms with Crippen LogP contribution in [0.1, 0.15) is 44.1 Å². The van der Waals surface area contributed by atoms with Crippen LogP contribution in [-0.4, -0.2) is 11.8 Å². The van der Waals surface area contributed by atoms with Crippen LogP contribution >= 0.6 is 0 Å². The van der Waals surface area contributed by atoms with Crippen molar-refractivity contribution in [2.45, 2.75) is 45.1 Å². The number of rotatable bonds is 9. The van der Waals surface area contributed by atoms with E-state index in [1.54, 1.807) is 0 Å². The summed E-state index contributed by atoms with van der Waals surface area (Å²) in [6, 6.07) is 7.49. The third-order valence-electron chi connectivity index (χ3n) is 3.03. The van der Waals surface area contributed by atoms with Crippen LogP contribution in [-0.2, 0) is 36.6 Å². The number of hydrogen-bond donors (Lipinski definition) is 2. The summed E-state index contributed by atoms with van der Waals surface area (Å²) in [6.45, 7) is 0.495. The van der Waals surface area contributed by atoms with Crippen molar-refractivity contribution >= 4 is 17.5 Å². The molecule has 5 nitrogen and oxygen atoms in total. The van der Waals surface area contributed by atoms with Gasteiger partial charge in [0.25, 0.3) is 0 Å². The predicted octanol–water partition coefficient (Wildman–Crippen LogP) is 3.00. The van der Waals surface area contributed by atoms with Gasteiger partial charge in [0.05, 0.1) is 0 Å². The van der Waals surface area contributed by atoms with Crippen LogP contribution in [0.3, 0.4) is 0 Å². The molecule has 0 aliphatic carbocycles. The van der Waals surface area contributed by atoms with Gasteiger partial charge in [-0.3, -0.25) is 4.79 Å². The van der Waals surface area contributed by atoms with E-state index < -0.39 is 5.91 Å². The van der Waals surface area contributed by atoms with E-state index in [2.05, 4.69) is 5.32 Å². The standard InChI is InChI=1S/C15H23N3O2.Pd/c16-11-12-7-9-13(10-8-12)18-15(20)6-4-2-1-3-5-14(17)19;/h7-10H,1-6,11,16H2,(H3,17,18,19,20);/p-1. The molecule has 1 aromatic rings. The number of hydrogen-bond acceptors (Lipinski definition) is 3. The number of benzene rings is 1. The third-order valence-corrected chi connectivity index (χ3v) is 3.03. The first-order valence-corrected chi connectivity index (χ1v) is 6.95. The second-order valence-corrected chi connectivity index (χ2v) is 4.79. The van der Waals surface area contributed by atoms with E-state index in [0.717, 1.165) is 36.9 Å². The van der Waals surface area contributed by atoms with Crippen LogP contribution in [0.25, 0.3) is 5.73 Å². The number of nitrogens with two attached hydrogens (primary N) is 1. The first kappa shape index (κ1) is 19.8. The molecule has 0 unspecified atom stereocenters. The Morgan fingerprint density at radius 1 is 1.00 bits per heavy atom. The van der Waals surface area contributed by atoms with Crippen molar-refractivity contribution in [3.8, 4) is 0 Å². The van der Waals surface area contributed by atoms with Crippen LogP contribution < -0.4 is 11.1 Å². The number of carbonyl (C=O) groups excluding carboxylic acids is 2. The smallest absolute Gasteiger partial charge is 0.224 e. The summed E-state index contributed by atoms with van der Waals surface area (Å²) < 4.78 is 0. The number of anilines is 1. The van der Waals surface area contributed by atoms with Crippen molar-refractivity contribution in [3.63, 3.8) is 0 Å². The first-order valence-electron chi connectivity index (χ1n) is 6.95. The second kappa shape index (κ2) is 11.4. The van der Waals surface area contributed by atoms with Gasteiger partial charge in [0.15, 0.2) is 0 Å². The number of unbranched alkanes of at least 4 members (excludes halogenated alkanes) is 3. The summed E-state index contributed by atoms with van der Waals surface area (Å²) in [5.41, 5.74) is 14.1. The molecule has 0 spiro atoms. The normalized spacial score (nSPS) is 9.76. The van der Waals surface area contributed by atoms with E-state index >= 15 is 0 Å². The maximum absolute atomic E-state index is 11.7. The molecule has 0 atom stereocenters. The Kier molecular flexibility index (Phi) is 10.8. The van der Waals surface area contributed by atoms with Gasteiger partial charge in [-0.15, -0.1) is 0 Å². The molecule has 6 heteroatoms. The molecular formula is C15H22N3O2Pd-. The van der Waals surface area contributed by atoms with E-state index in [1.165, 1.54) is 0 Å². The summed E-state index contributed by atoms with van der Waals surface area (Å²) in [4.78, 5) is 22.1. The largest absolute Gasteiger partial charge is 0.668 e. The molecule has 0 heterocycles. The Morgan fingerprint density at radius 2 is 1.57 bits per heavy atom. The average molecular weight is 383 g/mol. The second-order valence-electron chi connectivity index (χ2n) is 4.79. The van der Waals surface area contributed by atoms with E-state index in [4.69, 9.17) is 11.5 Å². The first-order chi connectivity index (χ1) is 9.61. The zero-order valence-electron chi connectivity index (χ0n) is 12.0. The molecule has 1 rings (SSSR count). The fraction of sp³-hybridized carbons (Fsp3) is 0.467. The molecule has 0 aliphatic rings. The van der Waals surface area contributed by atoms with Gasteiger partial charge in [-0.1, -0.05) is 25.0 Å².